The monoisotopic (exact) mass is 371 g/mol. The third-order valence-corrected chi connectivity index (χ3v) is 4.29. The fraction of sp³-hybridized carbons (Fsp3) is 0.158. The van der Waals surface area contributed by atoms with Gasteiger partial charge in [0.1, 0.15) is 5.75 Å². The van der Waals surface area contributed by atoms with Crippen LogP contribution in [0.5, 0.6) is 5.75 Å². The van der Waals surface area contributed by atoms with Crippen LogP contribution in [0.1, 0.15) is 18.5 Å². The van der Waals surface area contributed by atoms with Crippen molar-refractivity contribution in [2.24, 2.45) is 0 Å². The molecule has 3 N–H and O–H groups in total. The SMILES string of the molecule is COc1ccccc1NC(=O)C1=C(C)NC(=O)N[C@@H]1c1cccc(Cl)c1. The highest BCUT2D eigenvalue weighted by Gasteiger charge is 2.31. The Morgan fingerprint density at radius 2 is 1.96 bits per heavy atom. The summed E-state index contributed by atoms with van der Waals surface area (Å²) in [6.07, 6.45) is 0. The molecule has 6 nitrogen and oxygen atoms in total. The summed E-state index contributed by atoms with van der Waals surface area (Å²) in [7, 11) is 1.53. The summed E-state index contributed by atoms with van der Waals surface area (Å²) < 4.78 is 5.27. The highest BCUT2D eigenvalue weighted by Crippen LogP contribution is 2.30. The van der Waals surface area contributed by atoms with Gasteiger partial charge in [0.05, 0.1) is 24.4 Å². The lowest BCUT2D eigenvalue weighted by atomic mass is 9.95. The molecular weight excluding hydrogens is 354 g/mol. The van der Waals surface area contributed by atoms with Crippen molar-refractivity contribution in [3.63, 3.8) is 0 Å². The Morgan fingerprint density at radius 1 is 1.19 bits per heavy atom. The van der Waals surface area contributed by atoms with E-state index in [1.54, 1.807) is 43.3 Å². The quantitative estimate of drug-likeness (QED) is 0.768. The topological polar surface area (TPSA) is 79.5 Å². The van der Waals surface area contributed by atoms with Crippen LogP contribution in [-0.2, 0) is 4.79 Å². The van der Waals surface area contributed by atoms with Gasteiger partial charge in [0.25, 0.3) is 5.91 Å². The molecule has 1 aliphatic heterocycles. The molecule has 0 fully saturated rings. The lowest BCUT2D eigenvalue weighted by Gasteiger charge is -2.29. The zero-order valence-corrected chi connectivity index (χ0v) is 15.1. The van der Waals surface area contributed by atoms with E-state index in [9.17, 15) is 9.59 Å². The number of rotatable bonds is 4. The van der Waals surface area contributed by atoms with Crippen molar-refractivity contribution < 1.29 is 14.3 Å². The molecule has 26 heavy (non-hydrogen) atoms. The van der Waals surface area contributed by atoms with E-state index in [2.05, 4.69) is 16.0 Å². The summed E-state index contributed by atoms with van der Waals surface area (Å²) in [5.74, 6) is 0.204. The van der Waals surface area contributed by atoms with Gasteiger partial charge in [-0.05, 0) is 36.8 Å². The Hall–Kier alpha value is -2.99. The molecular formula is C19H18ClN3O3. The number of carbonyl (C=O) groups excluding carboxylic acids is 2. The number of para-hydroxylation sites is 2. The molecule has 0 radical (unpaired) electrons. The maximum atomic E-state index is 13.0. The predicted molar refractivity (Wildman–Crippen MR) is 100 cm³/mol. The Bertz CT molecular complexity index is 895. The molecule has 0 bridgehead atoms. The number of anilines is 1. The first kappa shape index (κ1) is 17.8. The van der Waals surface area contributed by atoms with E-state index >= 15 is 0 Å². The maximum Gasteiger partial charge on any atom is 0.319 e. The number of methoxy groups -OCH3 is 1. The van der Waals surface area contributed by atoms with Gasteiger partial charge in [-0.15, -0.1) is 0 Å². The molecule has 0 saturated heterocycles. The lowest BCUT2D eigenvalue weighted by molar-refractivity contribution is -0.113. The van der Waals surface area contributed by atoms with Gasteiger partial charge in [0.15, 0.2) is 0 Å². The summed E-state index contributed by atoms with van der Waals surface area (Å²) in [6, 6.07) is 13.2. The molecule has 1 atom stereocenters. The van der Waals surface area contributed by atoms with Crippen LogP contribution in [0.15, 0.2) is 59.8 Å². The van der Waals surface area contributed by atoms with Crippen molar-refractivity contribution in [1.82, 2.24) is 10.6 Å². The Kier molecular flexibility index (Phi) is 5.14. The van der Waals surface area contributed by atoms with E-state index in [-0.39, 0.29) is 11.9 Å². The fourth-order valence-corrected chi connectivity index (χ4v) is 3.07. The number of amides is 3. The van der Waals surface area contributed by atoms with Crippen LogP contribution < -0.4 is 20.7 Å². The molecule has 1 aliphatic rings. The molecule has 0 saturated carbocycles. The van der Waals surface area contributed by atoms with Crippen LogP contribution in [-0.4, -0.2) is 19.0 Å². The third-order valence-electron chi connectivity index (χ3n) is 4.05. The fourth-order valence-electron chi connectivity index (χ4n) is 2.87. The van der Waals surface area contributed by atoms with Gasteiger partial charge in [0, 0.05) is 10.7 Å². The van der Waals surface area contributed by atoms with E-state index in [0.717, 1.165) is 5.56 Å². The number of urea groups is 1. The smallest absolute Gasteiger partial charge is 0.319 e. The molecule has 7 heteroatoms. The van der Waals surface area contributed by atoms with Gasteiger partial charge in [-0.1, -0.05) is 35.9 Å². The van der Waals surface area contributed by atoms with E-state index < -0.39 is 6.04 Å². The highest BCUT2D eigenvalue weighted by molar-refractivity contribution is 6.30. The number of ether oxygens (including phenoxy) is 1. The first-order valence-electron chi connectivity index (χ1n) is 7.97. The second-order valence-corrected chi connectivity index (χ2v) is 6.22. The molecule has 3 amide bonds. The second kappa shape index (κ2) is 7.49. The Balaban J connectivity index is 1.97. The number of benzene rings is 2. The number of carbonyl (C=O) groups is 2. The van der Waals surface area contributed by atoms with Crippen molar-refractivity contribution in [3.8, 4) is 5.75 Å². The number of nitrogens with one attached hydrogen (secondary N) is 3. The lowest BCUT2D eigenvalue weighted by Crippen LogP contribution is -2.46. The molecule has 2 aromatic rings. The van der Waals surface area contributed by atoms with Gasteiger partial charge < -0.3 is 20.7 Å². The zero-order chi connectivity index (χ0) is 18.7. The van der Waals surface area contributed by atoms with E-state index in [1.165, 1.54) is 7.11 Å². The average Bonchev–Trinajstić information content (AvgIpc) is 2.61. The van der Waals surface area contributed by atoms with Crippen molar-refractivity contribution >= 4 is 29.2 Å². The van der Waals surface area contributed by atoms with E-state index in [0.29, 0.717) is 27.7 Å². The van der Waals surface area contributed by atoms with Gasteiger partial charge >= 0.3 is 6.03 Å². The van der Waals surface area contributed by atoms with E-state index in [1.807, 2.05) is 12.1 Å². The van der Waals surface area contributed by atoms with E-state index in [4.69, 9.17) is 16.3 Å². The molecule has 0 aliphatic carbocycles. The van der Waals surface area contributed by atoms with Crippen LogP contribution in [0.25, 0.3) is 0 Å². The molecule has 0 spiro atoms. The van der Waals surface area contributed by atoms with Crippen LogP contribution in [0.3, 0.4) is 0 Å². The zero-order valence-electron chi connectivity index (χ0n) is 14.3. The minimum Gasteiger partial charge on any atom is -0.495 e. The standard InChI is InChI=1S/C19H18ClN3O3/c1-11-16(18(24)22-14-8-3-4-9-15(14)26-2)17(23-19(25)21-11)12-6-5-7-13(20)10-12/h3-10,17H,1-2H3,(H,22,24)(H2,21,23,25)/t17-/m1/s1. The summed E-state index contributed by atoms with van der Waals surface area (Å²) in [6.45, 7) is 1.69. The maximum absolute atomic E-state index is 13.0. The largest absolute Gasteiger partial charge is 0.495 e. The van der Waals surface area contributed by atoms with Gasteiger partial charge in [-0.3, -0.25) is 4.79 Å². The van der Waals surface area contributed by atoms with Crippen molar-refractivity contribution in [1.29, 1.82) is 0 Å². The highest BCUT2D eigenvalue weighted by atomic mass is 35.5. The number of allylic oxidation sites excluding steroid dienone is 1. The average molecular weight is 372 g/mol. The Morgan fingerprint density at radius 3 is 2.69 bits per heavy atom. The van der Waals surface area contributed by atoms with Crippen LogP contribution in [0.4, 0.5) is 10.5 Å². The first-order valence-corrected chi connectivity index (χ1v) is 8.35. The Labute approximate surface area is 156 Å². The summed E-state index contributed by atoms with van der Waals surface area (Å²) in [5.41, 5.74) is 2.14. The minimum absolute atomic E-state index is 0.343. The number of hydrogen-bond donors (Lipinski definition) is 3. The first-order chi connectivity index (χ1) is 12.5. The molecule has 0 aromatic heterocycles. The summed E-state index contributed by atoms with van der Waals surface area (Å²) in [5, 5.41) is 8.79. The van der Waals surface area contributed by atoms with Crippen molar-refractivity contribution in [2.45, 2.75) is 13.0 Å². The number of hydrogen-bond acceptors (Lipinski definition) is 3. The molecule has 1 heterocycles. The van der Waals surface area contributed by atoms with Gasteiger partial charge in [0.2, 0.25) is 0 Å². The summed E-state index contributed by atoms with van der Waals surface area (Å²) >= 11 is 6.07. The van der Waals surface area contributed by atoms with Gasteiger partial charge in [-0.25, -0.2) is 4.79 Å². The van der Waals surface area contributed by atoms with Crippen molar-refractivity contribution in [3.05, 3.63) is 70.4 Å². The van der Waals surface area contributed by atoms with Crippen LogP contribution in [0, 0.1) is 0 Å². The number of halogens is 1. The summed E-state index contributed by atoms with van der Waals surface area (Å²) in [4.78, 5) is 24.9. The molecule has 3 rings (SSSR count). The van der Waals surface area contributed by atoms with Crippen LogP contribution >= 0.6 is 11.6 Å². The predicted octanol–water partition coefficient (Wildman–Crippen LogP) is 3.62. The van der Waals surface area contributed by atoms with Crippen molar-refractivity contribution in [2.75, 3.05) is 12.4 Å². The molecule has 0 unspecified atom stereocenters. The molecule has 134 valence electrons. The normalized spacial score (nSPS) is 16.6. The third kappa shape index (κ3) is 3.65. The molecule has 2 aromatic carbocycles. The second-order valence-electron chi connectivity index (χ2n) is 5.78. The van der Waals surface area contributed by atoms with Crippen LogP contribution in [0.2, 0.25) is 5.02 Å². The van der Waals surface area contributed by atoms with Gasteiger partial charge in [-0.2, -0.15) is 0 Å². The minimum atomic E-state index is -0.614.